The van der Waals surface area contributed by atoms with E-state index in [1.165, 1.54) is 0 Å². The van der Waals surface area contributed by atoms with Gasteiger partial charge in [-0.3, -0.25) is 0 Å². The fourth-order valence-corrected chi connectivity index (χ4v) is 1.48. The van der Waals surface area contributed by atoms with Crippen LogP contribution < -0.4 is 0 Å². The SMILES string of the molecule is C(=C\c1ccccc1)/C=N/OCc1ccccc1. The molecule has 90 valence electrons. The van der Waals surface area contributed by atoms with E-state index in [-0.39, 0.29) is 0 Å². The Morgan fingerprint density at radius 2 is 1.56 bits per heavy atom. The number of oxime groups is 1. The summed E-state index contributed by atoms with van der Waals surface area (Å²) in [4.78, 5) is 5.18. The van der Waals surface area contributed by atoms with Gasteiger partial charge in [0, 0.05) is 0 Å². The highest BCUT2D eigenvalue weighted by Crippen LogP contribution is 2.01. The minimum Gasteiger partial charge on any atom is -0.391 e. The molecule has 0 N–H and O–H groups in total. The molecule has 0 fully saturated rings. The summed E-state index contributed by atoms with van der Waals surface area (Å²) in [5, 5.41) is 3.87. The van der Waals surface area contributed by atoms with Crippen LogP contribution in [0.5, 0.6) is 0 Å². The number of nitrogens with zero attached hydrogens (tertiary/aromatic N) is 1. The van der Waals surface area contributed by atoms with Crippen molar-refractivity contribution < 1.29 is 4.84 Å². The monoisotopic (exact) mass is 237 g/mol. The summed E-state index contributed by atoms with van der Waals surface area (Å²) in [6.45, 7) is 0.497. The van der Waals surface area contributed by atoms with Crippen LogP contribution in [0.2, 0.25) is 0 Å². The normalized spacial score (nSPS) is 11.1. The zero-order chi connectivity index (χ0) is 12.5. The molecule has 0 aliphatic carbocycles. The van der Waals surface area contributed by atoms with Crippen molar-refractivity contribution in [3.8, 4) is 0 Å². The Balaban J connectivity index is 1.74. The quantitative estimate of drug-likeness (QED) is 0.571. The van der Waals surface area contributed by atoms with Crippen LogP contribution >= 0.6 is 0 Å². The molecule has 0 aliphatic heterocycles. The van der Waals surface area contributed by atoms with Gasteiger partial charge in [0.05, 0.1) is 6.21 Å². The van der Waals surface area contributed by atoms with Crippen molar-refractivity contribution in [2.24, 2.45) is 5.16 Å². The van der Waals surface area contributed by atoms with E-state index >= 15 is 0 Å². The summed E-state index contributed by atoms with van der Waals surface area (Å²) in [5.74, 6) is 0. The molecule has 0 aromatic heterocycles. The van der Waals surface area contributed by atoms with Gasteiger partial charge in [0.2, 0.25) is 0 Å². The lowest BCUT2D eigenvalue weighted by Crippen LogP contribution is -1.85. The second kappa shape index (κ2) is 7.07. The molecule has 0 saturated carbocycles. The van der Waals surface area contributed by atoms with E-state index in [4.69, 9.17) is 4.84 Å². The predicted octanol–water partition coefficient (Wildman–Crippen LogP) is 3.90. The summed E-state index contributed by atoms with van der Waals surface area (Å²) < 4.78 is 0. The Morgan fingerprint density at radius 3 is 2.28 bits per heavy atom. The first-order valence-corrected chi connectivity index (χ1v) is 5.86. The van der Waals surface area contributed by atoms with Crippen LogP contribution in [-0.4, -0.2) is 6.21 Å². The van der Waals surface area contributed by atoms with Crippen LogP contribution in [0, 0.1) is 0 Å². The lowest BCUT2D eigenvalue weighted by molar-refractivity contribution is 0.132. The molecule has 0 spiro atoms. The zero-order valence-corrected chi connectivity index (χ0v) is 10.1. The second-order valence-corrected chi connectivity index (χ2v) is 3.78. The van der Waals surface area contributed by atoms with Crippen molar-refractivity contribution in [1.29, 1.82) is 0 Å². The van der Waals surface area contributed by atoms with Crippen LogP contribution in [0.15, 0.2) is 71.9 Å². The first kappa shape index (κ1) is 12.1. The molecule has 18 heavy (non-hydrogen) atoms. The van der Waals surface area contributed by atoms with Gasteiger partial charge in [-0.25, -0.2) is 0 Å². The van der Waals surface area contributed by atoms with Crippen molar-refractivity contribution in [3.05, 3.63) is 77.9 Å². The van der Waals surface area contributed by atoms with Gasteiger partial charge in [0.1, 0.15) is 6.61 Å². The number of hydrogen-bond donors (Lipinski definition) is 0. The minimum atomic E-state index is 0.497. The second-order valence-electron chi connectivity index (χ2n) is 3.78. The smallest absolute Gasteiger partial charge is 0.142 e. The van der Waals surface area contributed by atoms with E-state index in [1.54, 1.807) is 6.21 Å². The average Bonchev–Trinajstić information content (AvgIpc) is 2.45. The van der Waals surface area contributed by atoms with Crippen molar-refractivity contribution in [2.75, 3.05) is 0 Å². The van der Waals surface area contributed by atoms with Gasteiger partial charge in [0.25, 0.3) is 0 Å². The lowest BCUT2D eigenvalue weighted by Gasteiger charge is -1.97. The standard InChI is InChI=1S/C16H15NO/c1-3-8-15(9-4-1)12-7-13-17-18-14-16-10-5-2-6-11-16/h1-13H,14H2/b12-7+,17-13+. The van der Waals surface area contributed by atoms with E-state index in [2.05, 4.69) is 5.16 Å². The molecule has 0 amide bonds. The van der Waals surface area contributed by atoms with Crippen LogP contribution in [0.1, 0.15) is 11.1 Å². The molecule has 0 saturated heterocycles. The van der Waals surface area contributed by atoms with Gasteiger partial charge < -0.3 is 4.84 Å². The highest BCUT2D eigenvalue weighted by atomic mass is 16.6. The maximum atomic E-state index is 5.18. The minimum absolute atomic E-state index is 0.497. The van der Waals surface area contributed by atoms with Gasteiger partial charge >= 0.3 is 0 Å². The van der Waals surface area contributed by atoms with Crippen LogP contribution in [0.25, 0.3) is 6.08 Å². The number of benzene rings is 2. The lowest BCUT2D eigenvalue weighted by atomic mass is 10.2. The molecule has 0 radical (unpaired) electrons. The Kier molecular flexibility index (Phi) is 4.76. The topological polar surface area (TPSA) is 21.6 Å². The summed E-state index contributed by atoms with van der Waals surface area (Å²) in [6.07, 6.45) is 5.49. The van der Waals surface area contributed by atoms with Gasteiger partial charge in [-0.1, -0.05) is 71.9 Å². The Labute approximate surface area is 107 Å². The summed E-state index contributed by atoms with van der Waals surface area (Å²) >= 11 is 0. The van der Waals surface area contributed by atoms with Crippen molar-refractivity contribution in [3.63, 3.8) is 0 Å². The molecule has 0 atom stereocenters. The van der Waals surface area contributed by atoms with Crippen LogP contribution in [-0.2, 0) is 11.4 Å². The summed E-state index contributed by atoms with van der Waals surface area (Å²) in [5.41, 5.74) is 2.26. The van der Waals surface area contributed by atoms with E-state index in [0.29, 0.717) is 6.61 Å². The number of allylic oxidation sites excluding steroid dienone is 1. The van der Waals surface area contributed by atoms with E-state index < -0.39 is 0 Å². The Hall–Kier alpha value is -2.35. The fourth-order valence-electron chi connectivity index (χ4n) is 1.48. The van der Waals surface area contributed by atoms with Gasteiger partial charge in [-0.05, 0) is 17.2 Å². The van der Waals surface area contributed by atoms with E-state index in [0.717, 1.165) is 11.1 Å². The van der Waals surface area contributed by atoms with Crippen molar-refractivity contribution in [2.45, 2.75) is 6.61 Å². The molecule has 0 unspecified atom stereocenters. The average molecular weight is 237 g/mol. The molecule has 2 aromatic carbocycles. The molecule has 0 heterocycles. The molecular formula is C16H15NO. The molecule has 0 aliphatic rings. The fraction of sp³-hybridized carbons (Fsp3) is 0.0625. The van der Waals surface area contributed by atoms with Crippen molar-refractivity contribution in [1.82, 2.24) is 0 Å². The van der Waals surface area contributed by atoms with Crippen molar-refractivity contribution >= 4 is 12.3 Å². The maximum Gasteiger partial charge on any atom is 0.142 e. The predicted molar refractivity (Wildman–Crippen MR) is 75.2 cm³/mol. The van der Waals surface area contributed by atoms with Gasteiger partial charge in [0.15, 0.2) is 0 Å². The number of hydrogen-bond acceptors (Lipinski definition) is 2. The third-order valence-corrected chi connectivity index (χ3v) is 2.38. The third kappa shape index (κ3) is 4.26. The summed E-state index contributed by atoms with van der Waals surface area (Å²) in [7, 11) is 0. The summed E-state index contributed by atoms with van der Waals surface area (Å²) in [6, 6.07) is 20.0. The Morgan fingerprint density at radius 1 is 0.889 bits per heavy atom. The molecular weight excluding hydrogens is 222 g/mol. The number of rotatable bonds is 5. The molecule has 0 bridgehead atoms. The highest BCUT2D eigenvalue weighted by molar-refractivity contribution is 5.77. The molecule has 2 nitrogen and oxygen atoms in total. The largest absolute Gasteiger partial charge is 0.391 e. The highest BCUT2D eigenvalue weighted by Gasteiger charge is 1.88. The first-order chi connectivity index (χ1) is 8.95. The molecule has 2 rings (SSSR count). The van der Waals surface area contributed by atoms with E-state index in [1.807, 2.05) is 72.8 Å². The van der Waals surface area contributed by atoms with Crippen LogP contribution in [0.4, 0.5) is 0 Å². The molecule has 2 aromatic rings. The Bertz CT molecular complexity index is 503. The van der Waals surface area contributed by atoms with Crippen LogP contribution in [0.3, 0.4) is 0 Å². The zero-order valence-electron chi connectivity index (χ0n) is 10.1. The third-order valence-electron chi connectivity index (χ3n) is 2.38. The van der Waals surface area contributed by atoms with Gasteiger partial charge in [-0.2, -0.15) is 0 Å². The first-order valence-electron chi connectivity index (χ1n) is 5.86. The molecule has 2 heteroatoms. The maximum absolute atomic E-state index is 5.18. The van der Waals surface area contributed by atoms with E-state index in [9.17, 15) is 0 Å². The van der Waals surface area contributed by atoms with Gasteiger partial charge in [-0.15, -0.1) is 0 Å².